The number of aliphatic imine (C=N–C) groups is 1. The maximum atomic E-state index is 14.2. The summed E-state index contributed by atoms with van der Waals surface area (Å²) in [6.07, 6.45) is 3.47. The molecule has 2 aliphatic rings. The molecule has 51 heavy (non-hydrogen) atoms. The predicted molar refractivity (Wildman–Crippen MR) is 189 cm³/mol. The van der Waals surface area contributed by atoms with Crippen LogP contribution in [0.25, 0.3) is 0 Å². The molecule has 13 N–H and O–H groups in total. The molecule has 0 saturated carbocycles. The molecule has 19 heteroatoms. The van der Waals surface area contributed by atoms with E-state index in [1.54, 1.807) is 0 Å². The number of unbranched alkanes of at least 4 members (excludes halogenated alkanes) is 2. The Morgan fingerprint density at radius 1 is 0.902 bits per heavy atom. The van der Waals surface area contributed by atoms with Crippen molar-refractivity contribution in [2.75, 3.05) is 53.4 Å². The first kappa shape index (κ1) is 43.1. The number of aliphatic hydroxyl groups excluding tert-OH is 1. The second-order valence-electron chi connectivity index (χ2n) is 13.5. The lowest BCUT2D eigenvalue weighted by Crippen LogP contribution is -2.58. The number of guanidine groups is 1. The van der Waals surface area contributed by atoms with Gasteiger partial charge in [0.2, 0.25) is 29.5 Å². The van der Waals surface area contributed by atoms with Gasteiger partial charge in [-0.2, -0.15) is 0 Å². The van der Waals surface area contributed by atoms with E-state index in [1.165, 1.54) is 9.80 Å². The van der Waals surface area contributed by atoms with E-state index in [9.17, 15) is 33.9 Å². The molecule has 0 unspecified atom stereocenters. The molecule has 2 rings (SSSR count). The highest BCUT2D eigenvalue weighted by Gasteiger charge is 2.45. The smallest absolute Gasteiger partial charge is 0.322 e. The van der Waals surface area contributed by atoms with Crippen LogP contribution in [0.1, 0.15) is 70.6 Å². The van der Waals surface area contributed by atoms with Gasteiger partial charge >= 0.3 is 5.97 Å². The molecule has 2 fully saturated rings. The number of nitrogens with one attached hydrogen (secondary N) is 3. The molecule has 2 heterocycles. The first-order chi connectivity index (χ1) is 24.2. The van der Waals surface area contributed by atoms with E-state index in [1.807, 2.05) is 19.0 Å². The standard InChI is InChI=1S/C32H59N11O8/c1-41(2)15-6-4-10-22(39-27(47)21(34)9-3-5-13-33)28(48)40-23(11-7-14-37-32(35)36)30(50)42-16-8-12-24(42)31(51)43-19-20(44)17-25(43)29(49)38-18-26(45)46/h20-25,44H,3-19,33-34H2,1-2H3,(H,38,49)(H,39,47)(H,40,48)(H,45,46)(H4,35,36,37)/t20-,21+,22+,23+,24+,25+/m1/s1. The van der Waals surface area contributed by atoms with Gasteiger partial charge in [0, 0.05) is 26.1 Å². The summed E-state index contributed by atoms with van der Waals surface area (Å²) in [4.78, 5) is 87.1. The monoisotopic (exact) mass is 725 g/mol. The van der Waals surface area contributed by atoms with Crippen molar-refractivity contribution in [3.63, 3.8) is 0 Å². The number of hydrogen-bond donors (Lipinski definition) is 9. The number of aliphatic carboxylic acids is 1. The van der Waals surface area contributed by atoms with Gasteiger partial charge in [-0.05, 0) is 85.0 Å². The summed E-state index contributed by atoms with van der Waals surface area (Å²) < 4.78 is 0. The Bertz CT molecular complexity index is 1220. The van der Waals surface area contributed by atoms with Crippen LogP contribution < -0.4 is 38.9 Å². The molecular formula is C32H59N11O8. The van der Waals surface area contributed by atoms with Crippen LogP contribution in [0.3, 0.4) is 0 Å². The Kier molecular flexibility index (Phi) is 18.6. The number of carbonyl (C=O) groups is 6. The summed E-state index contributed by atoms with van der Waals surface area (Å²) >= 11 is 0. The van der Waals surface area contributed by atoms with Crippen molar-refractivity contribution < 1.29 is 39.0 Å². The number of carboxylic acids is 1. The Hall–Kier alpha value is -4.07. The molecular weight excluding hydrogens is 666 g/mol. The lowest BCUT2D eigenvalue weighted by Gasteiger charge is -2.33. The van der Waals surface area contributed by atoms with Gasteiger partial charge in [0.1, 0.15) is 30.7 Å². The minimum Gasteiger partial charge on any atom is -0.480 e. The quantitative estimate of drug-likeness (QED) is 0.0296. The Balaban J connectivity index is 2.28. The highest BCUT2D eigenvalue weighted by atomic mass is 16.4. The van der Waals surface area contributed by atoms with Gasteiger partial charge in [0.25, 0.3) is 0 Å². The third kappa shape index (κ3) is 14.6. The average Bonchev–Trinajstić information content (AvgIpc) is 3.72. The van der Waals surface area contributed by atoms with Crippen molar-refractivity contribution in [1.29, 1.82) is 0 Å². The van der Waals surface area contributed by atoms with Gasteiger partial charge in [-0.15, -0.1) is 0 Å². The lowest BCUT2D eigenvalue weighted by molar-refractivity contribution is -0.148. The van der Waals surface area contributed by atoms with E-state index >= 15 is 0 Å². The van der Waals surface area contributed by atoms with Crippen LogP contribution in [0.4, 0.5) is 0 Å². The van der Waals surface area contributed by atoms with Gasteiger partial charge in [-0.25, -0.2) is 0 Å². The van der Waals surface area contributed by atoms with Crippen LogP contribution in [0.2, 0.25) is 0 Å². The van der Waals surface area contributed by atoms with Gasteiger partial charge in [0.05, 0.1) is 12.1 Å². The van der Waals surface area contributed by atoms with Gasteiger partial charge < -0.3 is 63.8 Å². The number of carboxylic acid groups (broad SMARTS) is 1. The number of nitrogens with zero attached hydrogens (tertiary/aromatic N) is 4. The van der Waals surface area contributed by atoms with Crippen LogP contribution >= 0.6 is 0 Å². The van der Waals surface area contributed by atoms with Gasteiger partial charge in [-0.3, -0.25) is 33.8 Å². The third-order valence-electron chi connectivity index (χ3n) is 8.95. The molecule has 0 spiro atoms. The van der Waals surface area contributed by atoms with Crippen molar-refractivity contribution in [1.82, 2.24) is 30.7 Å². The number of hydrogen-bond acceptors (Lipinski definition) is 11. The molecule has 19 nitrogen and oxygen atoms in total. The zero-order chi connectivity index (χ0) is 38.1. The largest absolute Gasteiger partial charge is 0.480 e. The summed E-state index contributed by atoms with van der Waals surface area (Å²) in [7, 11) is 3.86. The van der Waals surface area contributed by atoms with Crippen LogP contribution in [0, 0.1) is 0 Å². The molecule has 2 aliphatic heterocycles. The molecule has 0 radical (unpaired) electrons. The van der Waals surface area contributed by atoms with Gasteiger partial charge in [-0.1, -0.05) is 6.42 Å². The molecule has 6 atom stereocenters. The van der Waals surface area contributed by atoms with Crippen LogP contribution in [-0.4, -0.2) is 156 Å². The fourth-order valence-corrected chi connectivity index (χ4v) is 6.26. The lowest BCUT2D eigenvalue weighted by atomic mass is 10.0. The first-order valence-electron chi connectivity index (χ1n) is 17.7. The SMILES string of the molecule is CN(C)CCCC[C@H](NC(=O)[C@@H](N)CCCCN)C(=O)N[C@@H](CCCN=C(N)N)C(=O)N1CCC[C@H]1C(=O)N1C[C@H](O)C[C@H]1C(=O)NCC(=O)O. The maximum Gasteiger partial charge on any atom is 0.322 e. The Morgan fingerprint density at radius 3 is 2.22 bits per heavy atom. The molecule has 0 aliphatic carbocycles. The Labute approximate surface area is 299 Å². The van der Waals surface area contributed by atoms with E-state index in [0.29, 0.717) is 51.5 Å². The number of rotatable bonds is 22. The molecule has 0 aromatic carbocycles. The summed E-state index contributed by atoms with van der Waals surface area (Å²) in [6, 6.07) is -5.04. The molecule has 2 saturated heterocycles. The second kappa shape index (κ2) is 22.0. The highest BCUT2D eigenvalue weighted by molar-refractivity contribution is 5.96. The van der Waals surface area contributed by atoms with E-state index in [4.69, 9.17) is 28.0 Å². The number of carbonyl (C=O) groups excluding carboxylic acids is 5. The fraction of sp³-hybridized carbons (Fsp3) is 0.781. The average molecular weight is 726 g/mol. The minimum absolute atomic E-state index is 0.0837. The third-order valence-corrected chi connectivity index (χ3v) is 8.95. The Morgan fingerprint density at radius 2 is 1.57 bits per heavy atom. The fourth-order valence-electron chi connectivity index (χ4n) is 6.26. The van der Waals surface area contributed by atoms with E-state index in [-0.39, 0.29) is 44.9 Å². The normalized spacial score (nSPS) is 20.4. The molecule has 0 aromatic rings. The van der Waals surface area contributed by atoms with Gasteiger partial charge in [0.15, 0.2) is 5.96 Å². The predicted octanol–water partition coefficient (Wildman–Crippen LogP) is -3.65. The maximum absolute atomic E-state index is 14.2. The van der Waals surface area contributed by atoms with Crippen molar-refractivity contribution in [2.24, 2.45) is 27.9 Å². The number of nitrogens with two attached hydrogens (primary N) is 4. The van der Waals surface area contributed by atoms with Crippen molar-refractivity contribution in [2.45, 2.75) is 107 Å². The second-order valence-corrected chi connectivity index (χ2v) is 13.5. The first-order valence-corrected chi connectivity index (χ1v) is 17.7. The summed E-state index contributed by atoms with van der Waals surface area (Å²) in [6.45, 7) is 0.795. The van der Waals surface area contributed by atoms with Crippen molar-refractivity contribution in [3.05, 3.63) is 0 Å². The van der Waals surface area contributed by atoms with Crippen molar-refractivity contribution >= 4 is 41.5 Å². The van der Waals surface area contributed by atoms with Crippen LogP contribution in [0.15, 0.2) is 4.99 Å². The van der Waals surface area contributed by atoms with Crippen molar-refractivity contribution in [3.8, 4) is 0 Å². The molecule has 0 aromatic heterocycles. The molecule has 5 amide bonds. The minimum atomic E-state index is -1.26. The number of aliphatic hydroxyl groups is 1. The van der Waals surface area contributed by atoms with E-state index < -0.39 is 78.4 Å². The summed E-state index contributed by atoms with van der Waals surface area (Å²) in [5, 5.41) is 27.1. The van der Waals surface area contributed by atoms with Crippen LogP contribution in [0.5, 0.6) is 0 Å². The topological polar surface area (TPSA) is 305 Å². The van der Waals surface area contributed by atoms with E-state index in [0.717, 1.165) is 13.0 Å². The summed E-state index contributed by atoms with van der Waals surface area (Å²) in [5.74, 6) is -4.29. The molecule has 0 bridgehead atoms. The number of β-amino-alcohol motifs (C(OH)–C–C–N with tert-alkyl or cyclic N) is 1. The number of likely N-dealkylation sites (tertiary alicyclic amines) is 2. The zero-order valence-electron chi connectivity index (χ0n) is 29.9. The summed E-state index contributed by atoms with van der Waals surface area (Å²) in [5.41, 5.74) is 22.6. The zero-order valence-corrected chi connectivity index (χ0v) is 29.9. The number of amides is 5. The highest BCUT2D eigenvalue weighted by Crippen LogP contribution is 2.26. The van der Waals surface area contributed by atoms with Crippen LogP contribution in [-0.2, 0) is 28.8 Å². The molecule has 290 valence electrons. The van der Waals surface area contributed by atoms with E-state index in [2.05, 4.69) is 20.9 Å².